The summed E-state index contributed by atoms with van der Waals surface area (Å²) in [5, 5.41) is 0. The molecular formula is Ag2FZn. The van der Waals surface area contributed by atoms with E-state index in [0.717, 1.165) is 0 Å². The molecule has 0 saturated carbocycles. The second-order valence-corrected chi connectivity index (χ2v) is 0. The van der Waals surface area contributed by atoms with E-state index in [1.54, 1.807) is 0 Å². The summed E-state index contributed by atoms with van der Waals surface area (Å²) in [6.45, 7) is 0. The molecule has 4 heavy (non-hydrogen) atoms. The molecule has 0 rings (SSSR count). The summed E-state index contributed by atoms with van der Waals surface area (Å²) < 4.78 is 9.31. The van der Waals surface area contributed by atoms with Crippen LogP contribution in [0.3, 0.4) is 0 Å². The summed E-state index contributed by atoms with van der Waals surface area (Å²) in [4.78, 5) is 0. The molecule has 0 bridgehead atoms. The third-order valence-corrected chi connectivity index (χ3v) is 0. The molecular weight excluding hydrogens is 300 g/mol. The number of hydrogen-bond donors (Lipinski definition) is 0. The van der Waals surface area contributed by atoms with Gasteiger partial charge in [0.2, 0.25) is 0 Å². The Balaban J connectivity index is -0.00000000500. The maximum atomic E-state index is 9.31. The molecule has 0 spiro atoms. The van der Waals surface area contributed by atoms with Gasteiger partial charge in [0.1, 0.15) is 0 Å². The zero-order chi connectivity index (χ0) is 2.00. The van der Waals surface area contributed by atoms with E-state index in [2.05, 4.69) is 0 Å². The summed E-state index contributed by atoms with van der Waals surface area (Å²) in [5.74, 6) is 0. The summed E-state index contributed by atoms with van der Waals surface area (Å²) in [7, 11) is 0. The molecule has 0 nitrogen and oxygen atoms in total. The minimum atomic E-state index is 0. The Bertz CT molecular complexity index is 6.00. The van der Waals surface area contributed by atoms with Crippen LogP contribution in [-0.4, -0.2) is 0 Å². The van der Waals surface area contributed by atoms with Crippen molar-refractivity contribution in [2.75, 3.05) is 0 Å². The summed E-state index contributed by atoms with van der Waals surface area (Å²) in [5.41, 5.74) is 0. The van der Waals surface area contributed by atoms with E-state index >= 15 is 0 Å². The monoisotopic (exact) mass is 297 g/mol. The standard InChI is InChI=1S/2Ag.FH.Zn/h;;1H;/q;+1;;/p-1. The fourth-order valence-electron chi connectivity index (χ4n) is 0. The molecule has 31 valence electrons. The Morgan fingerprint density at radius 3 is 1.25 bits per heavy atom. The average molecular weight is 300 g/mol. The summed E-state index contributed by atoms with van der Waals surface area (Å²) >= 11 is 1.45. The Kier molecular flexibility index (Phi) is 82.2. The molecule has 0 fully saturated rings. The van der Waals surface area contributed by atoms with Crippen LogP contribution in [-0.2, 0) is 63.5 Å². The first kappa shape index (κ1) is 16.6. The van der Waals surface area contributed by atoms with E-state index in [9.17, 15) is 3.02 Å². The second-order valence-electron chi connectivity index (χ2n) is 0. The quantitative estimate of drug-likeness (QED) is 0.569. The van der Waals surface area contributed by atoms with Crippen LogP contribution < -0.4 is 0 Å². The van der Waals surface area contributed by atoms with Crippen LogP contribution in [0.1, 0.15) is 0 Å². The maximum absolute atomic E-state index is 9.31. The van der Waals surface area contributed by atoms with Gasteiger partial charge in [-0.1, -0.05) is 0 Å². The molecule has 0 aromatic rings. The van der Waals surface area contributed by atoms with Crippen molar-refractivity contribution in [3.05, 3.63) is 0 Å². The minimum Gasteiger partial charge on any atom is 0 e. The van der Waals surface area contributed by atoms with Gasteiger partial charge in [-0.25, -0.2) is 0 Å². The van der Waals surface area contributed by atoms with Crippen molar-refractivity contribution in [2.24, 2.45) is 0 Å². The molecule has 0 aliphatic carbocycles. The molecule has 4 heteroatoms. The number of halogens is 1. The fourth-order valence-corrected chi connectivity index (χ4v) is 0. The van der Waals surface area contributed by atoms with Gasteiger partial charge in [0.25, 0.3) is 0 Å². The van der Waals surface area contributed by atoms with Gasteiger partial charge in [0.15, 0.2) is 0 Å². The van der Waals surface area contributed by atoms with Gasteiger partial charge in [0.05, 0.1) is 0 Å². The van der Waals surface area contributed by atoms with Crippen LogP contribution in [0.4, 0.5) is 3.02 Å². The van der Waals surface area contributed by atoms with Crippen LogP contribution in [0.15, 0.2) is 0 Å². The van der Waals surface area contributed by atoms with E-state index in [4.69, 9.17) is 0 Å². The van der Waals surface area contributed by atoms with E-state index < -0.39 is 0 Å². The third kappa shape index (κ3) is 8.98. The smallest absolute Gasteiger partial charge is 0 e. The topological polar surface area (TPSA) is 0 Å². The average Bonchev–Trinajstić information content (AvgIpc) is 1.00. The van der Waals surface area contributed by atoms with Crippen LogP contribution >= 0.6 is 0 Å². The Morgan fingerprint density at radius 2 is 1.25 bits per heavy atom. The van der Waals surface area contributed by atoms with Crippen molar-refractivity contribution in [2.45, 2.75) is 0 Å². The molecule has 0 heterocycles. The maximum Gasteiger partial charge on any atom is 0 e. The third-order valence-electron chi connectivity index (χ3n) is 0. The predicted octanol–water partition coefficient (Wildman–Crippen LogP) is 0.413. The summed E-state index contributed by atoms with van der Waals surface area (Å²) in [6.07, 6.45) is 0. The molecule has 0 unspecified atom stereocenters. The van der Waals surface area contributed by atoms with E-state index in [0.29, 0.717) is 0 Å². The molecule has 1 radical (unpaired) electrons. The van der Waals surface area contributed by atoms with Crippen molar-refractivity contribution >= 4 is 0 Å². The van der Waals surface area contributed by atoms with Crippen LogP contribution in [0.25, 0.3) is 0 Å². The van der Waals surface area contributed by atoms with Crippen molar-refractivity contribution in [3.63, 3.8) is 0 Å². The van der Waals surface area contributed by atoms with Gasteiger partial charge in [-0.3, -0.25) is 0 Å². The minimum absolute atomic E-state index is 0. The van der Waals surface area contributed by atoms with Gasteiger partial charge in [-0.2, -0.15) is 0 Å². The zero-order valence-corrected chi connectivity index (χ0v) is 7.62. The first-order valence-electron chi connectivity index (χ1n) is 0.114. The van der Waals surface area contributed by atoms with Crippen molar-refractivity contribution in [3.8, 4) is 0 Å². The Morgan fingerprint density at radius 1 is 1.25 bits per heavy atom. The number of hydrogen-bond acceptors (Lipinski definition) is 0. The van der Waals surface area contributed by atoms with Crippen LogP contribution in [0, 0.1) is 0 Å². The molecule has 0 atom stereocenters. The van der Waals surface area contributed by atoms with Gasteiger partial charge in [0, 0.05) is 41.9 Å². The van der Waals surface area contributed by atoms with Crippen molar-refractivity contribution in [1.29, 1.82) is 0 Å². The van der Waals surface area contributed by atoms with Gasteiger partial charge < -0.3 is 0 Å². The predicted molar refractivity (Wildman–Crippen MR) is 1.11 cm³/mol. The Labute approximate surface area is 65.8 Å². The van der Waals surface area contributed by atoms with E-state index in [1.165, 1.54) is 21.6 Å². The first-order valence-corrected chi connectivity index (χ1v) is 0.674. The van der Waals surface area contributed by atoms with Crippen LogP contribution in [0.5, 0.6) is 0 Å². The molecule has 0 aliphatic rings. The Hall–Kier alpha value is 2.03. The molecule has 0 aromatic heterocycles. The van der Waals surface area contributed by atoms with Gasteiger partial charge in [-0.05, 0) is 0 Å². The second kappa shape index (κ2) is 19.8. The first-order chi connectivity index (χ1) is 1.00. The molecule has 0 aliphatic heterocycles. The van der Waals surface area contributed by atoms with Crippen molar-refractivity contribution < 1.29 is 66.5 Å². The number of rotatable bonds is 0. The van der Waals surface area contributed by atoms with Crippen LogP contribution in [0.2, 0.25) is 0 Å². The molecule has 0 aromatic carbocycles. The van der Waals surface area contributed by atoms with Crippen molar-refractivity contribution in [1.82, 2.24) is 0 Å². The van der Waals surface area contributed by atoms with Gasteiger partial charge in [-0.15, -0.1) is 0 Å². The molecule has 0 saturated heterocycles. The van der Waals surface area contributed by atoms with E-state index in [-0.39, 0.29) is 41.9 Å². The molecule has 0 amide bonds. The summed E-state index contributed by atoms with van der Waals surface area (Å²) in [6, 6.07) is 0. The zero-order valence-electron chi connectivity index (χ0n) is 1.69. The van der Waals surface area contributed by atoms with Gasteiger partial charge >= 0.3 is 24.6 Å². The SMILES string of the molecule is [Ag].[F][Ag].[Zn]. The largest absolute Gasteiger partial charge is 0 e. The normalized spacial score (nSPS) is 1.75. The fraction of sp³-hybridized carbons (Fsp3) is 0. The molecule has 0 N–H and O–H groups in total. The van der Waals surface area contributed by atoms with E-state index in [1.807, 2.05) is 0 Å².